The van der Waals surface area contributed by atoms with Gasteiger partial charge in [0.25, 0.3) is 5.91 Å². The maximum absolute atomic E-state index is 12.6. The zero-order valence-corrected chi connectivity index (χ0v) is 15.6. The molecular weight excluding hydrogens is 332 g/mol. The highest BCUT2D eigenvalue weighted by Gasteiger charge is 2.22. The number of rotatable bonds is 6. The highest BCUT2D eigenvalue weighted by molar-refractivity contribution is 7.07. The summed E-state index contributed by atoms with van der Waals surface area (Å²) < 4.78 is 5.21. The monoisotopic (exact) mass is 358 g/mol. The van der Waals surface area contributed by atoms with Crippen LogP contribution in [0.15, 0.2) is 41.1 Å². The van der Waals surface area contributed by atoms with E-state index in [1.165, 1.54) is 31.2 Å². The van der Waals surface area contributed by atoms with Crippen LogP contribution in [0, 0.1) is 0 Å². The number of ether oxygens (including phenoxy) is 1. The Morgan fingerprint density at radius 1 is 1.24 bits per heavy atom. The molecule has 1 unspecified atom stereocenters. The molecular formula is C20H26N2O2S. The fourth-order valence-corrected chi connectivity index (χ4v) is 4.09. The lowest BCUT2D eigenvalue weighted by molar-refractivity contribution is 0.0933. The molecule has 25 heavy (non-hydrogen) atoms. The Morgan fingerprint density at radius 2 is 2.04 bits per heavy atom. The van der Waals surface area contributed by atoms with Gasteiger partial charge in [-0.25, -0.2) is 0 Å². The van der Waals surface area contributed by atoms with Crippen molar-refractivity contribution in [3.8, 4) is 5.75 Å². The number of carbonyl (C=O) groups excluding carboxylic acids is 1. The highest BCUT2D eigenvalue weighted by atomic mass is 32.1. The highest BCUT2D eigenvalue weighted by Crippen LogP contribution is 2.25. The van der Waals surface area contributed by atoms with Crippen LogP contribution in [0.4, 0.5) is 0 Å². The van der Waals surface area contributed by atoms with E-state index in [1.807, 2.05) is 18.2 Å². The molecule has 0 bridgehead atoms. The van der Waals surface area contributed by atoms with Crippen LogP contribution >= 0.6 is 11.3 Å². The number of hydrogen-bond acceptors (Lipinski definition) is 4. The van der Waals surface area contributed by atoms with Gasteiger partial charge in [-0.3, -0.25) is 9.69 Å². The van der Waals surface area contributed by atoms with Crippen molar-refractivity contribution in [2.24, 2.45) is 0 Å². The molecule has 0 spiro atoms. The Kier molecular flexibility index (Phi) is 6.48. The van der Waals surface area contributed by atoms with Gasteiger partial charge in [-0.15, -0.1) is 0 Å². The van der Waals surface area contributed by atoms with Crippen LogP contribution in [0.2, 0.25) is 0 Å². The SMILES string of the molecule is COc1cccc(C(=O)NCC(c2ccsc2)N2CCCCCC2)c1. The van der Waals surface area contributed by atoms with Gasteiger partial charge in [-0.05, 0) is 66.5 Å². The molecule has 1 aliphatic heterocycles. The molecule has 3 rings (SSSR count). The van der Waals surface area contributed by atoms with Gasteiger partial charge in [0.15, 0.2) is 0 Å². The molecule has 0 aliphatic carbocycles. The summed E-state index contributed by atoms with van der Waals surface area (Å²) in [5.74, 6) is 0.656. The number of likely N-dealkylation sites (tertiary alicyclic amines) is 1. The average molecular weight is 359 g/mol. The van der Waals surface area contributed by atoms with Crippen LogP contribution < -0.4 is 10.1 Å². The van der Waals surface area contributed by atoms with Crippen molar-refractivity contribution >= 4 is 17.2 Å². The molecule has 134 valence electrons. The van der Waals surface area contributed by atoms with E-state index in [9.17, 15) is 4.79 Å². The minimum Gasteiger partial charge on any atom is -0.497 e. The summed E-state index contributed by atoms with van der Waals surface area (Å²) in [6, 6.07) is 9.72. The van der Waals surface area contributed by atoms with Crippen molar-refractivity contribution in [1.29, 1.82) is 0 Å². The quantitative estimate of drug-likeness (QED) is 0.845. The van der Waals surface area contributed by atoms with Gasteiger partial charge in [0, 0.05) is 12.1 Å². The van der Waals surface area contributed by atoms with E-state index in [4.69, 9.17) is 4.74 Å². The van der Waals surface area contributed by atoms with E-state index in [-0.39, 0.29) is 11.9 Å². The molecule has 1 fully saturated rings. The van der Waals surface area contributed by atoms with E-state index in [2.05, 4.69) is 27.0 Å². The van der Waals surface area contributed by atoms with E-state index in [0.717, 1.165) is 13.1 Å². The predicted octanol–water partition coefficient (Wildman–Crippen LogP) is 4.10. The summed E-state index contributed by atoms with van der Waals surface area (Å²) in [4.78, 5) is 15.1. The standard InChI is InChI=1S/C20H26N2O2S/c1-24-18-8-6-7-16(13-18)20(23)21-14-19(17-9-12-25-15-17)22-10-4-2-3-5-11-22/h6-9,12-13,15,19H,2-5,10-11,14H2,1H3,(H,21,23). The number of nitrogens with zero attached hydrogens (tertiary/aromatic N) is 1. The predicted molar refractivity (Wildman–Crippen MR) is 102 cm³/mol. The second-order valence-electron chi connectivity index (χ2n) is 6.46. The summed E-state index contributed by atoms with van der Waals surface area (Å²) in [7, 11) is 1.61. The van der Waals surface area contributed by atoms with E-state index < -0.39 is 0 Å². The largest absolute Gasteiger partial charge is 0.497 e. The summed E-state index contributed by atoms with van der Waals surface area (Å²) in [5.41, 5.74) is 1.94. The van der Waals surface area contributed by atoms with Crippen molar-refractivity contribution in [1.82, 2.24) is 10.2 Å². The molecule has 1 aromatic carbocycles. The van der Waals surface area contributed by atoms with Crippen molar-refractivity contribution < 1.29 is 9.53 Å². The van der Waals surface area contributed by atoms with Gasteiger partial charge >= 0.3 is 0 Å². The summed E-state index contributed by atoms with van der Waals surface area (Å²) in [5, 5.41) is 7.44. The van der Waals surface area contributed by atoms with Gasteiger partial charge in [0.2, 0.25) is 0 Å². The molecule has 0 radical (unpaired) electrons. The van der Waals surface area contributed by atoms with Gasteiger partial charge in [0.05, 0.1) is 13.2 Å². The molecule has 1 amide bonds. The van der Waals surface area contributed by atoms with E-state index in [1.54, 1.807) is 24.5 Å². The zero-order chi connectivity index (χ0) is 17.5. The first-order valence-electron chi connectivity index (χ1n) is 8.96. The summed E-state index contributed by atoms with van der Waals surface area (Å²) in [6.07, 6.45) is 5.10. The molecule has 0 saturated carbocycles. The summed E-state index contributed by atoms with van der Waals surface area (Å²) >= 11 is 1.72. The number of carbonyl (C=O) groups is 1. The Bertz CT molecular complexity index is 664. The zero-order valence-electron chi connectivity index (χ0n) is 14.7. The molecule has 5 heteroatoms. The van der Waals surface area contributed by atoms with Crippen molar-refractivity contribution in [3.05, 3.63) is 52.2 Å². The molecule has 4 nitrogen and oxygen atoms in total. The molecule has 1 aromatic heterocycles. The topological polar surface area (TPSA) is 41.6 Å². The maximum atomic E-state index is 12.6. The second-order valence-corrected chi connectivity index (χ2v) is 7.24. The number of methoxy groups -OCH3 is 1. The number of benzene rings is 1. The van der Waals surface area contributed by atoms with Crippen molar-refractivity contribution in [2.45, 2.75) is 31.7 Å². The van der Waals surface area contributed by atoms with E-state index >= 15 is 0 Å². The van der Waals surface area contributed by atoms with Crippen LogP contribution in [0.3, 0.4) is 0 Å². The van der Waals surface area contributed by atoms with Gasteiger partial charge in [-0.2, -0.15) is 11.3 Å². The third-order valence-electron chi connectivity index (χ3n) is 4.80. The smallest absolute Gasteiger partial charge is 0.251 e. The minimum atomic E-state index is -0.0473. The maximum Gasteiger partial charge on any atom is 0.251 e. The molecule has 2 aromatic rings. The van der Waals surface area contributed by atoms with Crippen LogP contribution in [-0.2, 0) is 0 Å². The van der Waals surface area contributed by atoms with Crippen molar-refractivity contribution in [3.63, 3.8) is 0 Å². The van der Waals surface area contributed by atoms with Crippen LogP contribution in [0.1, 0.15) is 47.6 Å². The first-order chi connectivity index (χ1) is 12.3. The third-order valence-corrected chi connectivity index (χ3v) is 5.50. The first-order valence-corrected chi connectivity index (χ1v) is 9.90. The fourth-order valence-electron chi connectivity index (χ4n) is 3.38. The molecule has 2 heterocycles. The Balaban J connectivity index is 1.68. The number of hydrogen-bond donors (Lipinski definition) is 1. The van der Waals surface area contributed by atoms with Crippen LogP contribution in [0.5, 0.6) is 5.75 Å². The first kappa shape index (κ1) is 18.0. The second kappa shape index (κ2) is 9.02. The third kappa shape index (κ3) is 4.83. The Morgan fingerprint density at radius 3 is 2.72 bits per heavy atom. The molecule has 1 atom stereocenters. The number of amides is 1. The summed E-state index contributed by atoms with van der Waals surface area (Å²) in [6.45, 7) is 2.85. The molecule has 1 N–H and O–H groups in total. The average Bonchev–Trinajstić information content (AvgIpc) is 3.04. The van der Waals surface area contributed by atoms with Crippen LogP contribution in [-0.4, -0.2) is 37.6 Å². The lowest BCUT2D eigenvalue weighted by Gasteiger charge is -2.30. The van der Waals surface area contributed by atoms with Crippen molar-refractivity contribution in [2.75, 3.05) is 26.7 Å². The minimum absolute atomic E-state index is 0.0473. The number of thiophene rings is 1. The van der Waals surface area contributed by atoms with E-state index in [0.29, 0.717) is 17.9 Å². The van der Waals surface area contributed by atoms with Gasteiger partial charge in [-0.1, -0.05) is 18.9 Å². The number of nitrogens with one attached hydrogen (secondary N) is 1. The van der Waals surface area contributed by atoms with Gasteiger partial charge < -0.3 is 10.1 Å². The normalized spacial score (nSPS) is 16.8. The van der Waals surface area contributed by atoms with Crippen LogP contribution in [0.25, 0.3) is 0 Å². The lowest BCUT2D eigenvalue weighted by Crippen LogP contribution is -2.38. The Labute approximate surface area is 153 Å². The fraction of sp³-hybridized carbons (Fsp3) is 0.450. The molecule has 1 saturated heterocycles. The Hall–Kier alpha value is -1.85. The molecule has 1 aliphatic rings. The van der Waals surface area contributed by atoms with Gasteiger partial charge in [0.1, 0.15) is 5.75 Å². The lowest BCUT2D eigenvalue weighted by atomic mass is 10.1.